The van der Waals surface area contributed by atoms with Crippen LogP contribution in [0.5, 0.6) is 0 Å². The Balaban J connectivity index is 2.94. The lowest BCUT2D eigenvalue weighted by atomic mass is 10.1. The first-order valence-corrected chi connectivity index (χ1v) is 9.61. The van der Waals surface area contributed by atoms with Crippen LogP contribution in [0.4, 0.5) is 0 Å². The minimum atomic E-state index is -3.46. The molecule has 1 rings (SSSR count). The molecule has 1 unspecified atom stereocenters. The molecule has 0 saturated heterocycles. The fourth-order valence-corrected chi connectivity index (χ4v) is 5.34. The number of unbranched alkanes of at least 4 members (excludes halogenated alkanes) is 1. The fourth-order valence-electron chi connectivity index (χ4n) is 2.33. The van der Waals surface area contributed by atoms with E-state index in [2.05, 4.69) is 18.6 Å². The third kappa shape index (κ3) is 4.55. The minimum absolute atomic E-state index is 0.0230. The normalized spacial score (nSPS) is 13.6. The highest BCUT2D eigenvalue weighted by Gasteiger charge is 2.25. The zero-order valence-electron chi connectivity index (χ0n) is 12.6. The molecule has 6 heteroatoms. The van der Waals surface area contributed by atoms with Gasteiger partial charge in [-0.05, 0) is 30.7 Å². The largest absolute Gasteiger partial charge is 0.326 e. The van der Waals surface area contributed by atoms with E-state index in [1.54, 1.807) is 0 Å². The Morgan fingerprint density at radius 2 is 2.00 bits per heavy atom. The van der Waals surface area contributed by atoms with Crippen LogP contribution in [0.15, 0.2) is 10.3 Å². The van der Waals surface area contributed by atoms with E-state index < -0.39 is 10.0 Å². The first kappa shape index (κ1) is 17.6. The highest BCUT2D eigenvalue weighted by molar-refractivity contribution is 7.89. The minimum Gasteiger partial charge on any atom is -0.326 e. The van der Waals surface area contributed by atoms with E-state index in [-0.39, 0.29) is 12.6 Å². The molecule has 1 atom stereocenters. The molecule has 0 aromatic carbocycles. The van der Waals surface area contributed by atoms with Gasteiger partial charge in [0.05, 0.1) is 0 Å². The molecule has 0 spiro atoms. The molecule has 0 aliphatic rings. The number of thiophene rings is 1. The summed E-state index contributed by atoms with van der Waals surface area (Å²) in [6, 6.07) is 0.0230. The second-order valence-electron chi connectivity index (χ2n) is 5.12. The molecule has 1 aromatic rings. The Labute approximate surface area is 126 Å². The topological polar surface area (TPSA) is 72.2 Å². The van der Waals surface area contributed by atoms with Gasteiger partial charge in [-0.15, -0.1) is 11.3 Å². The Hall–Kier alpha value is -0.430. The highest BCUT2D eigenvalue weighted by atomic mass is 32.2. The van der Waals surface area contributed by atoms with Crippen LogP contribution < -0.4 is 10.5 Å². The van der Waals surface area contributed by atoms with Crippen LogP contribution in [0, 0.1) is 6.92 Å². The molecule has 0 amide bonds. The van der Waals surface area contributed by atoms with Crippen LogP contribution >= 0.6 is 11.3 Å². The van der Waals surface area contributed by atoms with E-state index in [0.29, 0.717) is 4.90 Å². The average Bonchev–Trinajstić information content (AvgIpc) is 2.78. The van der Waals surface area contributed by atoms with Crippen molar-refractivity contribution in [3.63, 3.8) is 0 Å². The van der Waals surface area contributed by atoms with Crippen LogP contribution in [0.1, 0.15) is 56.4 Å². The molecule has 1 heterocycles. The van der Waals surface area contributed by atoms with Crippen molar-refractivity contribution in [3.8, 4) is 0 Å². The van der Waals surface area contributed by atoms with Gasteiger partial charge in [0.15, 0.2) is 0 Å². The summed E-state index contributed by atoms with van der Waals surface area (Å²) >= 11 is 1.42. The molecule has 0 bridgehead atoms. The van der Waals surface area contributed by atoms with Crippen molar-refractivity contribution in [2.75, 3.05) is 0 Å². The van der Waals surface area contributed by atoms with Crippen LogP contribution in [-0.4, -0.2) is 14.5 Å². The molecule has 1 aromatic heterocycles. The smallest absolute Gasteiger partial charge is 0.242 e. The molecule has 0 aliphatic carbocycles. The van der Waals surface area contributed by atoms with Crippen molar-refractivity contribution in [1.29, 1.82) is 0 Å². The molecule has 0 radical (unpaired) electrons. The number of nitrogens with one attached hydrogen (secondary N) is 1. The number of nitrogens with two attached hydrogens (primary N) is 1. The molecule has 0 fully saturated rings. The lowest BCUT2D eigenvalue weighted by Gasteiger charge is -2.18. The number of hydrogen-bond donors (Lipinski definition) is 2. The average molecular weight is 319 g/mol. The van der Waals surface area contributed by atoms with Gasteiger partial charge in [-0.1, -0.05) is 33.1 Å². The van der Waals surface area contributed by atoms with Gasteiger partial charge >= 0.3 is 0 Å². The monoisotopic (exact) mass is 318 g/mol. The lowest BCUT2D eigenvalue weighted by Crippen LogP contribution is -2.35. The van der Waals surface area contributed by atoms with Crippen molar-refractivity contribution in [1.82, 2.24) is 4.72 Å². The van der Waals surface area contributed by atoms with Gasteiger partial charge in [-0.25, -0.2) is 13.1 Å². The van der Waals surface area contributed by atoms with Crippen LogP contribution in [-0.2, 0) is 16.6 Å². The summed E-state index contributed by atoms with van der Waals surface area (Å²) < 4.78 is 28.0. The van der Waals surface area contributed by atoms with Crippen molar-refractivity contribution in [2.24, 2.45) is 5.73 Å². The van der Waals surface area contributed by atoms with Crippen LogP contribution in [0.25, 0.3) is 0 Å². The quantitative estimate of drug-likeness (QED) is 0.734. The van der Waals surface area contributed by atoms with E-state index in [1.807, 2.05) is 12.3 Å². The highest BCUT2D eigenvalue weighted by Crippen LogP contribution is 2.27. The molecular formula is C14H26N2O2S2. The Morgan fingerprint density at radius 3 is 2.55 bits per heavy atom. The zero-order valence-corrected chi connectivity index (χ0v) is 14.2. The molecule has 3 N–H and O–H groups in total. The predicted molar refractivity (Wildman–Crippen MR) is 85.5 cm³/mol. The second-order valence-corrected chi connectivity index (χ2v) is 7.74. The Bertz CT molecular complexity index is 509. The van der Waals surface area contributed by atoms with Gasteiger partial charge in [0.1, 0.15) is 4.90 Å². The number of rotatable bonds is 9. The third-order valence-electron chi connectivity index (χ3n) is 3.31. The first-order chi connectivity index (χ1) is 9.46. The van der Waals surface area contributed by atoms with Gasteiger partial charge in [0.25, 0.3) is 0 Å². The van der Waals surface area contributed by atoms with E-state index in [4.69, 9.17) is 5.73 Å². The zero-order chi connectivity index (χ0) is 15.2. The second kappa shape index (κ2) is 8.12. The van der Waals surface area contributed by atoms with Crippen molar-refractivity contribution in [2.45, 2.75) is 70.4 Å². The summed E-state index contributed by atoms with van der Waals surface area (Å²) in [6.45, 7) is 6.29. The standard InChI is InChI=1S/C14H26N2O2S2/c1-4-6-8-12(7-5-2)16-20(17,18)14-11(3)10-19-13(14)9-15/h10,12,16H,4-9,15H2,1-3H3. The number of sulfonamides is 1. The van der Waals surface area contributed by atoms with Gasteiger partial charge in [-0.2, -0.15) is 0 Å². The van der Waals surface area contributed by atoms with Crippen molar-refractivity contribution in [3.05, 3.63) is 15.8 Å². The van der Waals surface area contributed by atoms with Gasteiger partial charge in [-0.3, -0.25) is 0 Å². The van der Waals surface area contributed by atoms with E-state index in [9.17, 15) is 8.42 Å². The van der Waals surface area contributed by atoms with Gasteiger partial charge < -0.3 is 5.73 Å². The SMILES string of the molecule is CCCCC(CCC)NS(=O)(=O)c1c(C)csc1CN. The van der Waals surface area contributed by atoms with E-state index >= 15 is 0 Å². The van der Waals surface area contributed by atoms with Crippen LogP contribution in [0.2, 0.25) is 0 Å². The maximum absolute atomic E-state index is 12.6. The summed E-state index contributed by atoms with van der Waals surface area (Å²) in [5, 5.41) is 1.86. The summed E-state index contributed by atoms with van der Waals surface area (Å²) in [5.41, 5.74) is 6.43. The summed E-state index contributed by atoms with van der Waals surface area (Å²) in [6.07, 6.45) is 4.86. The van der Waals surface area contributed by atoms with Crippen molar-refractivity contribution >= 4 is 21.4 Å². The molecule has 116 valence electrons. The summed E-state index contributed by atoms with van der Waals surface area (Å²) in [4.78, 5) is 1.13. The van der Waals surface area contributed by atoms with Gasteiger partial charge in [0, 0.05) is 17.5 Å². The number of aryl methyl sites for hydroxylation is 1. The van der Waals surface area contributed by atoms with E-state index in [1.165, 1.54) is 11.3 Å². The molecule has 4 nitrogen and oxygen atoms in total. The molecule has 20 heavy (non-hydrogen) atoms. The van der Waals surface area contributed by atoms with Gasteiger partial charge in [0.2, 0.25) is 10.0 Å². The van der Waals surface area contributed by atoms with Crippen LogP contribution in [0.3, 0.4) is 0 Å². The first-order valence-electron chi connectivity index (χ1n) is 7.25. The predicted octanol–water partition coefficient (Wildman–Crippen LogP) is 3.15. The maximum atomic E-state index is 12.6. The number of hydrogen-bond acceptors (Lipinski definition) is 4. The fraction of sp³-hybridized carbons (Fsp3) is 0.714. The maximum Gasteiger partial charge on any atom is 0.242 e. The third-order valence-corrected chi connectivity index (χ3v) is 6.31. The Kier molecular flexibility index (Phi) is 7.15. The Morgan fingerprint density at radius 1 is 1.30 bits per heavy atom. The van der Waals surface area contributed by atoms with Crippen molar-refractivity contribution < 1.29 is 8.42 Å². The summed E-state index contributed by atoms with van der Waals surface area (Å²) in [5.74, 6) is 0. The van der Waals surface area contributed by atoms with E-state index in [0.717, 1.165) is 42.5 Å². The molecular weight excluding hydrogens is 292 g/mol. The molecule has 0 aliphatic heterocycles. The summed E-state index contributed by atoms with van der Waals surface area (Å²) in [7, 11) is -3.46. The lowest BCUT2D eigenvalue weighted by molar-refractivity contribution is 0.483. The molecule has 0 saturated carbocycles.